The van der Waals surface area contributed by atoms with Gasteiger partial charge in [0.2, 0.25) is 11.7 Å². The number of hydrogen-bond acceptors (Lipinski definition) is 4. The largest absolute Gasteiger partial charge is 0.339 e. The van der Waals surface area contributed by atoms with Crippen molar-refractivity contribution in [1.82, 2.24) is 10.1 Å². The van der Waals surface area contributed by atoms with E-state index in [9.17, 15) is 4.39 Å². The van der Waals surface area contributed by atoms with Crippen LogP contribution in [0.1, 0.15) is 12.3 Å². The van der Waals surface area contributed by atoms with Gasteiger partial charge >= 0.3 is 0 Å². The second-order valence-electron chi connectivity index (χ2n) is 3.18. The molecule has 0 aliphatic carbocycles. The van der Waals surface area contributed by atoms with Crippen LogP contribution in [0.2, 0.25) is 0 Å². The molecule has 0 spiro atoms. The van der Waals surface area contributed by atoms with E-state index in [0.717, 1.165) is 0 Å². The number of nitriles is 1. The van der Waals surface area contributed by atoms with Crippen molar-refractivity contribution in [2.75, 3.05) is 0 Å². The summed E-state index contributed by atoms with van der Waals surface area (Å²) in [6.45, 7) is 0. The van der Waals surface area contributed by atoms with E-state index in [1.165, 1.54) is 12.1 Å². The second-order valence-corrected chi connectivity index (χ2v) is 3.18. The van der Waals surface area contributed by atoms with Crippen molar-refractivity contribution < 1.29 is 8.91 Å². The van der Waals surface area contributed by atoms with E-state index >= 15 is 0 Å². The maximum absolute atomic E-state index is 12.7. The van der Waals surface area contributed by atoms with Crippen LogP contribution in [0.3, 0.4) is 0 Å². The highest BCUT2D eigenvalue weighted by atomic mass is 19.1. The van der Waals surface area contributed by atoms with Gasteiger partial charge < -0.3 is 4.52 Å². The van der Waals surface area contributed by atoms with Gasteiger partial charge in [0.25, 0.3) is 0 Å². The quantitative estimate of drug-likeness (QED) is 0.791. The van der Waals surface area contributed by atoms with Gasteiger partial charge in [-0.3, -0.25) is 0 Å². The number of hydrogen-bond donors (Lipinski definition) is 0. The van der Waals surface area contributed by atoms with Crippen LogP contribution in [0.5, 0.6) is 0 Å². The van der Waals surface area contributed by atoms with Gasteiger partial charge in [-0.25, -0.2) is 4.39 Å². The topological polar surface area (TPSA) is 62.7 Å². The molecule has 16 heavy (non-hydrogen) atoms. The molecule has 2 aromatic rings. The molecule has 0 aliphatic rings. The fraction of sp³-hybridized carbons (Fsp3) is 0.182. The van der Waals surface area contributed by atoms with Crippen LogP contribution < -0.4 is 0 Å². The fourth-order valence-corrected chi connectivity index (χ4v) is 1.24. The van der Waals surface area contributed by atoms with Crippen molar-refractivity contribution >= 4 is 0 Å². The molecule has 0 unspecified atom stereocenters. The molecule has 0 fully saturated rings. The molecular formula is C11H8FN3O. The Kier molecular flexibility index (Phi) is 2.92. The van der Waals surface area contributed by atoms with E-state index in [0.29, 0.717) is 30.1 Å². The zero-order valence-corrected chi connectivity index (χ0v) is 8.35. The van der Waals surface area contributed by atoms with Crippen LogP contribution in [0.25, 0.3) is 11.4 Å². The molecule has 0 atom stereocenters. The summed E-state index contributed by atoms with van der Waals surface area (Å²) in [5.74, 6) is 0.519. The summed E-state index contributed by atoms with van der Waals surface area (Å²) in [5, 5.41) is 12.2. The van der Waals surface area contributed by atoms with E-state index in [1.54, 1.807) is 12.1 Å². The zero-order chi connectivity index (χ0) is 11.4. The van der Waals surface area contributed by atoms with Crippen LogP contribution >= 0.6 is 0 Å². The molecule has 0 aliphatic heterocycles. The van der Waals surface area contributed by atoms with Crippen molar-refractivity contribution in [2.24, 2.45) is 0 Å². The lowest BCUT2D eigenvalue weighted by Crippen LogP contribution is -1.84. The Balaban J connectivity index is 2.18. The predicted octanol–water partition coefficient (Wildman–Crippen LogP) is 2.33. The fourth-order valence-electron chi connectivity index (χ4n) is 1.24. The van der Waals surface area contributed by atoms with Crippen LogP contribution in [0.4, 0.5) is 4.39 Å². The van der Waals surface area contributed by atoms with Crippen molar-refractivity contribution in [3.63, 3.8) is 0 Å². The summed E-state index contributed by atoms with van der Waals surface area (Å²) in [5.41, 5.74) is 0.688. The molecular weight excluding hydrogens is 209 g/mol. The minimum absolute atomic E-state index is 0.308. The van der Waals surface area contributed by atoms with E-state index in [1.807, 2.05) is 6.07 Å². The SMILES string of the molecule is N#CCCc1nc(-c2ccc(F)cc2)no1. The van der Waals surface area contributed by atoms with E-state index in [-0.39, 0.29) is 5.82 Å². The van der Waals surface area contributed by atoms with E-state index in [2.05, 4.69) is 10.1 Å². The Hall–Kier alpha value is -2.22. The third-order valence-corrected chi connectivity index (χ3v) is 2.02. The lowest BCUT2D eigenvalue weighted by Gasteiger charge is -1.92. The lowest BCUT2D eigenvalue weighted by atomic mass is 10.2. The van der Waals surface area contributed by atoms with Gasteiger partial charge in [0.15, 0.2) is 0 Å². The van der Waals surface area contributed by atoms with Gasteiger partial charge in [-0.05, 0) is 24.3 Å². The molecule has 1 heterocycles. The van der Waals surface area contributed by atoms with E-state index < -0.39 is 0 Å². The van der Waals surface area contributed by atoms with Crippen LogP contribution in [0, 0.1) is 17.1 Å². The average molecular weight is 217 g/mol. The van der Waals surface area contributed by atoms with E-state index in [4.69, 9.17) is 9.78 Å². The Morgan fingerprint density at radius 2 is 2.06 bits per heavy atom. The zero-order valence-electron chi connectivity index (χ0n) is 8.35. The predicted molar refractivity (Wildman–Crippen MR) is 53.6 cm³/mol. The third-order valence-electron chi connectivity index (χ3n) is 2.02. The number of aryl methyl sites for hydroxylation is 1. The highest BCUT2D eigenvalue weighted by Crippen LogP contribution is 2.16. The molecule has 0 saturated carbocycles. The summed E-state index contributed by atoms with van der Waals surface area (Å²) in [6, 6.07) is 7.82. The summed E-state index contributed by atoms with van der Waals surface area (Å²) in [7, 11) is 0. The molecule has 4 nitrogen and oxygen atoms in total. The van der Waals surface area contributed by atoms with Crippen molar-refractivity contribution in [2.45, 2.75) is 12.8 Å². The lowest BCUT2D eigenvalue weighted by molar-refractivity contribution is 0.380. The van der Waals surface area contributed by atoms with Crippen molar-refractivity contribution in [3.05, 3.63) is 36.0 Å². The smallest absolute Gasteiger partial charge is 0.227 e. The first-order valence-corrected chi connectivity index (χ1v) is 4.75. The third kappa shape index (κ3) is 2.23. The first-order chi connectivity index (χ1) is 7.79. The monoisotopic (exact) mass is 217 g/mol. The molecule has 0 bridgehead atoms. The number of rotatable bonds is 3. The summed E-state index contributed by atoms with van der Waals surface area (Å²) >= 11 is 0. The Bertz CT molecular complexity index is 513. The Morgan fingerprint density at radius 3 is 2.75 bits per heavy atom. The second kappa shape index (κ2) is 4.53. The van der Waals surface area contributed by atoms with Gasteiger partial charge in [-0.15, -0.1) is 0 Å². The minimum Gasteiger partial charge on any atom is -0.339 e. The first-order valence-electron chi connectivity index (χ1n) is 4.75. The van der Waals surface area contributed by atoms with Gasteiger partial charge in [0.1, 0.15) is 5.82 Å². The molecule has 0 saturated heterocycles. The Labute approximate surface area is 91.3 Å². The molecule has 0 amide bonds. The molecule has 1 aromatic carbocycles. The van der Waals surface area contributed by atoms with Gasteiger partial charge in [0.05, 0.1) is 6.07 Å². The number of nitrogens with zero attached hydrogens (tertiary/aromatic N) is 3. The van der Waals surface area contributed by atoms with Crippen LogP contribution in [-0.2, 0) is 6.42 Å². The molecule has 0 N–H and O–H groups in total. The molecule has 1 aromatic heterocycles. The maximum Gasteiger partial charge on any atom is 0.227 e. The minimum atomic E-state index is -0.308. The number of halogens is 1. The molecule has 0 radical (unpaired) electrons. The maximum atomic E-state index is 12.7. The molecule has 80 valence electrons. The van der Waals surface area contributed by atoms with Gasteiger partial charge in [-0.2, -0.15) is 10.2 Å². The number of aromatic nitrogens is 2. The summed E-state index contributed by atoms with van der Waals surface area (Å²) in [6.07, 6.45) is 0.774. The highest BCUT2D eigenvalue weighted by Gasteiger charge is 2.07. The van der Waals surface area contributed by atoms with Crippen LogP contribution in [-0.4, -0.2) is 10.1 Å². The van der Waals surface area contributed by atoms with Crippen molar-refractivity contribution in [3.8, 4) is 17.5 Å². The van der Waals surface area contributed by atoms with Gasteiger partial charge in [0, 0.05) is 18.4 Å². The summed E-state index contributed by atoms with van der Waals surface area (Å²) in [4.78, 5) is 4.10. The average Bonchev–Trinajstić information content (AvgIpc) is 2.76. The summed E-state index contributed by atoms with van der Waals surface area (Å²) < 4.78 is 17.6. The first kappa shape index (κ1) is 10.3. The normalized spacial score (nSPS) is 10.0. The Morgan fingerprint density at radius 1 is 1.31 bits per heavy atom. The molecule has 2 rings (SSSR count). The highest BCUT2D eigenvalue weighted by molar-refractivity contribution is 5.53. The number of benzene rings is 1. The van der Waals surface area contributed by atoms with Crippen molar-refractivity contribution in [1.29, 1.82) is 5.26 Å². The standard InChI is InChI=1S/C11H8FN3O/c12-9-5-3-8(4-6-9)11-14-10(16-15-11)2-1-7-13/h3-6H,1-2H2. The van der Waals surface area contributed by atoms with Crippen LogP contribution in [0.15, 0.2) is 28.8 Å². The van der Waals surface area contributed by atoms with Gasteiger partial charge in [-0.1, -0.05) is 5.16 Å². The molecule has 5 heteroatoms.